The molecule has 2 aliphatic rings. The van der Waals surface area contributed by atoms with E-state index in [1.54, 1.807) is 26.0 Å². The van der Waals surface area contributed by atoms with E-state index in [2.05, 4.69) is 36.4 Å². The number of aliphatic imine (C=N–C) groups is 1. The van der Waals surface area contributed by atoms with Gasteiger partial charge in [-0.3, -0.25) is 4.99 Å². The molecule has 0 radical (unpaired) electrons. The van der Waals surface area contributed by atoms with E-state index in [4.69, 9.17) is 20.2 Å². The molecular weight excluding hydrogens is 380 g/mol. The SMILES string of the molecule is COc1cccc(-c2cccc([C@]34C[C@H](OC)C[C@H]3CSC(N)=N4)c2)c1.Cl. The van der Waals surface area contributed by atoms with Crippen molar-refractivity contribution in [1.29, 1.82) is 0 Å². The van der Waals surface area contributed by atoms with Gasteiger partial charge in [0.2, 0.25) is 0 Å². The highest BCUT2D eigenvalue weighted by molar-refractivity contribution is 8.13. The van der Waals surface area contributed by atoms with Crippen LogP contribution in [0.2, 0.25) is 0 Å². The Labute approximate surface area is 170 Å². The maximum Gasteiger partial charge on any atom is 0.154 e. The number of hydrogen-bond acceptors (Lipinski definition) is 5. The van der Waals surface area contributed by atoms with Crippen molar-refractivity contribution in [3.05, 3.63) is 54.1 Å². The second-order valence-corrected chi connectivity index (χ2v) is 8.03. The summed E-state index contributed by atoms with van der Waals surface area (Å²) in [6.07, 6.45) is 2.15. The van der Waals surface area contributed by atoms with Gasteiger partial charge in [0.15, 0.2) is 5.17 Å². The Bertz CT molecular complexity index is 844. The van der Waals surface area contributed by atoms with Crippen LogP contribution in [0.25, 0.3) is 11.1 Å². The van der Waals surface area contributed by atoms with Crippen LogP contribution in [0, 0.1) is 5.92 Å². The lowest BCUT2D eigenvalue weighted by Crippen LogP contribution is -2.36. The van der Waals surface area contributed by atoms with Gasteiger partial charge in [0.1, 0.15) is 5.75 Å². The van der Waals surface area contributed by atoms with Crippen LogP contribution in [-0.4, -0.2) is 31.2 Å². The van der Waals surface area contributed by atoms with Crippen molar-refractivity contribution < 1.29 is 9.47 Å². The zero-order valence-corrected chi connectivity index (χ0v) is 17.2. The molecule has 1 fully saturated rings. The van der Waals surface area contributed by atoms with E-state index in [1.165, 1.54) is 11.1 Å². The van der Waals surface area contributed by atoms with Gasteiger partial charge in [-0.1, -0.05) is 42.1 Å². The number of hydrogen-bond donors (Lipinski definition) is 1. The molecule has 6 heteroatoms. The minimum Gasteiger partial charge on any atom is -0.497 e. The lowest BCUT2D eigenvalue weighted by molar-refractivity contribution is 0.102. The van der Waals surface area contributed by atoms with Crippen LogP contribution in [0.4, 0.5) is 0 Å². The van der Waals surface area contributed by atoms with E-state index < -0.39 is 0 Å². The van der Waals surface area contributed by atoms with Crippen LogP contribution in [-0.2, 0) is 10.3 Å². The standard InChI is InChI=1S/C21H24N2O2S.ClH/c1-24-18-8-4-6-15(10-18)14-5-3-7-16(9-14)21-12-19(25-2)11-17(21)13-26-20(22)23-21;/h3-10,17,19H,11-13H2,1-2H3,(H2,22,23);1H/t17-,19+,21+;/m0./s1. The molecule has 2 aromatic carbocycles. The van der Waals surface area contributed by atoms with Crippen molar-refractivity contribution in [3.63, 3.8) is 0 Å². The molecule has 0 aromatic heterocycles. The number of ether oxygens (including phenoxy) is 2. The van der Waals surface area contributed by atoms with Crippen molar-refractivity contribution in [2.45, 2.75) is 24.5 Å². The molecule has 144 valence electrons. The summed E-state index contributed by atoms with van der Waals surface area (Å²) in [7, 11) is 3.49. The molecule has 1 aliphatic carbocycles. The summed E-state index contributed by atoms with van der Waals surface area (Å²) in [6.45, 7) is 0. The van der Waals surface area contributed by atoms with Gasteiger partial charge in [-0.25, -0.2) is 0 Å². The molecule has 4 rings (SSSR count). The Morgan fingerprint density at radius 1 is 1.11 bits per heavy atom. The molecule has 4 nitrogen and oxygen atoms in total. The van der Waals surface area contributed by atoms with Gasteiger partial charge in [0, 0.05) is 25.2 Å². The van der Waals surface area contributed by atoms with Crippen LogP contribution >= 0.6 is 24.2 Å². The lowest BCUT2D eigenvalue weighted by atomic mass is 9.80. The van der Waals surface area contributed by atoms with Crippen LogP contribution in [0.1, 0.15) is 18.4 Å². The van der Waals surface area contributed by atoms with Gasteiger partial charge in [-0.05, 0) is 41.3 Å². The first kappa shape index (κ1) is 20.1. The van der Waals surface area contributed by atoms with E-state index in [0.29, 0.717) is 11.1 Å². The fraction of sp³-hybridized carbons (Fsp3) is 0.381. The summed E-state index contributed by atoms with van der Waals surface area (Å²) >= 11 is 1.66. The van der Waals surface area contributed by atoms with Crippen molar-refractivity contribution in [1.82, 2.24) is 0 Å². The molecule has 2 N–H and O–H groups in total. The normalized spacial score (nSPS) is 26.7. The highest BCUT2D eigenvalue weighted by Gasteiger charge is 2.50. The van der Waals surface area contributed by atoms with E-state index in [0.717, 1.165) is 29.9 Å². The zero-order chi connectivity index (χ0) is 18.1. The zero-order valence-electron chi connectivity index (χ0n) is 15.6. The van der Waals surface area contributed by atoms with Crippen LogP contribution < -0.4 is 10.5 Å². The fourth-order valence-electron chi connectivity index (χ4n) is 4.24. The third-order valence-electron chi connectivity index (χ3n) is 5.60. The van der Waals surface area contributed by atoms with E-state index >= 15 is 0 Å². The number of rotatable bonds is 4. The summed E-state index contributed by atoms with van der Waals surface area (Å²) in [6, 6.07) is 16.8. The van der Waals surface area contributed by atoms with Crippen molar-refractivity contribution in [3.8, 4) is 16.9 Å². The molecule has 0 bridgehead atoms. The molecule has 0 spiro atoms. The van der Waals surface area contributed by atoms with Crippen molar-refractivity contribution in [2.24, 2.45) is 16.6 Å². The quantitative estimate of drug-likeness (QED) is 0.816. The average molecular weight is 405 g/mol. The smallest absolute Gasteiger partial charge is 0.154 e. The minimum absolute atomic E-state index is 0. The van der Waals surface area contributed by atoms with E-state index in [9.17, 15) is 0 Å². The molecule has 3 atom stereocenters. The number of fused-ring (bicyclic) bond motifs is 1. The predicted molar refractivity (Wildman–Crippen MR) is 115 cm³/mol. The molecule has 2 aromatic rings. The number of nitrogens with two attached hydrogens (primary N) is 1. The molecule has 27 heavy (non-hydrogen) atoms. The molecule has 1 aliphatic heterocycles. The molecular formula is C21H25ClN2O2S. The summed E-state index contributed by atoms with van der Waals surface area (Å²) in [5.74, 6) is 2.31. The molecule has 1 saturated carbocycles. The van der Waals surface area contributed by atoms with Gasteiger partial charge in [-0.15, -0.1) is 12.4 Å². The monoisotopic (exact) mass is 404 g/mol. The second-order valence-electron chi connectivity index (χ2n) is 6.99. The molecule has 0 amide bonds. The number of amidine groups is 1. The third kappa shape index (κ3) is 3.68. The van der Waals surface area contributed by atoms with Crippen molar-refractivity contribution in [2.75, 3.05) is 20.0 Å². The Kier molecular flexibility index (Phi) is 6.04. The van der Waals surface area contributed by atoms with E-state index in [-0.39, 0.29) is 24.0 Å². The Morgan fingerprint density at radius 3 is 2.59 bits per heavy atom. The topological polar surface area (TPSA) is 56.8 Å². The summed E-state index contributed by atoms with van der Waals surface area (Å²) < 4.78 is 11.1. The summed E-state index contributed by atoms with van der Waals surface area (Å²) in [5, 5.41) is 0.685. The van der Waals surface area contributed by atoms with Crippen LogP contribution in [0.15, 0.2) is 53.5 Å². The first-order valence-corrected chi connectivity index (χ1v) is 9.89. The number of methoxy groups -OCH3 is 2. The highest BCUT2D eigenvalue weighted by Crippen LogP contribution is 2.51. The molecule has 0 unspecified atom stereocenters. The third-order valence-corrected chi connectivity index (χ3v) is 6.56. The van der Waals surface area contributed by atoms with Crippen LogP contribution in [0.5, 0.6) is 5.75 Å². The molecule has 1 heterocycles. The van der Waals surface area contributed by atoms with Gasteiger partial charge in [-0.2, -0.15) is 0 Å². The van der Waals surface area contributed by atoms with Gasteiger partial charge in [0.05, 0.1) is 18.8 Å². The second kappa shape index (κ2) is 8.13. The number of benzene rings is 2. The van der Waals surface area contributed by atoms with Gasteiger partial charge in [0.25, 0.3) is 0 Å². The van der Waals surface area contributed by atoms with Crippen LogP contribution in [0.3, 0.4) is 0 Å². The largest absolute Gasteiger partial charge is 0.497 e. The average Bonchev–Trinajstić information content (AvgIpc) is 3.07. The maximum atomic E-state index is 6.14. The molecule has 0 saturated heterocycles. The number of nitrogens with zero attached hydrogens (tertiary/aromatic N) is 1. The highest BCUT2D eigenvalue weighted by atomic mass is 35.5. The van der Waals surface area contributed by atoms with E-state index in [1.807, 2.05) is 12.1 Å². The maximum absolute atomic E-state index is 6.14. The Hall–Kier alpha value is -1.69. The summed E-state index contributed by atoms with van der Waals surface area (Å²) in [5.41, 5.74) is 9.41. The fourth-order valence-corrected chi connectivity index (χ4v) is 5.25. The van der Waals surface area contributed by atoms with Gasteiger partial charge >= 0.3 is 0 Å². The first-order chi connectivity index (χ1) is 12.6. The summed E-state index contributed by atoms with van der Waals surface area (Å²) in [4.78, 5) is 4.97. The van der Waals surface area contributed by atoms with Crippen molar-refractivity contribution >= 4 is 29.3 Å². The minimum atomic E-state index is -0.273. The lowest BCUT2D eigenvalue weighted by Gasteiger charge is -2.36. The number of thioether (sulfide) groups is 1. The predicted octanol–water partition coefficient (Wildman–Crippen LogP) is 4.47. The first-order valence-electron chi connectivity index (χ1n) is 8.90. The number of halogens is 1. The van der Waals surface area contributed by atoms with Gasteiger partial charge < -0.3 is 15.2 Å². The Morgan fingerprint density at radius 2 is 1.85 bits per heavy atom. The Balaban J connectivity index is 0.00000210.